The van der Waals surface area contributed by atoms with Crippen LogP contribution in [0.2, 0.25) is 0 Å². The maximum absolute atomic E-state index is 13.9. The van der Waals surface area contributed by atoms with E-state index in [9.17, 15) is 18.4 Å². The molecule has 166 valence electrons. The molecule has 3 heterocycles. The number of halogens is 2. The number of carboxylic acid groups (broad SMARTS) is 1. The Balaban J connectivity index is 0.000000858. The standard InChI is InChI=1S/C19H20F2N4O3.CH2O2/c20-13-4-1-5-14(21)16(13)19(27)25-7-6-12-15(10-25)23-24-17(12)18(26)22-9-11-3-2-8-28-11;2-1-3/h1,4-5,11H,2-3,6-10H2,(H,22,26)(H,23,24);1H,(H,2,3). The number of benzene rings is 1. The van der Waals surface area contributed by atoms with Gasteiger partial charge in [0.2, 0.25) is 0 Å². The van der Waals surface area contributed by atoms with Gasteiger partial charge in [0, 0.05) is 25.3 Å². The van der Waals surface area contributed by atoms with E-state index in [2.05, 4.69) is 15.5 Å². The summed E-state index contributed by atoms with van der Waals surface area (Å²) in [6, 6.07) is 3.32. The van der Waals surface area contributed by atoms with Crippen LogP contribution in [0.3, 0.4) is 0 Å². The minimum absolute atomic E-state index is 0.0301. The summed E-state index contributed by atoms with van der Waals surface area (Å²) in [5, 5.41) is 16.6. The third kappa shape index (κ3) is 5.05. The number of fused-ring (bicyclic) bond motifs is 1. The molecule has 0 spiro atoms. The molecule has 3 N–H and O–H groups in total. The van der Waals surface area contributed by atoms with Crippen LogP contribution in [-0.2, 0) is 22.5 Å². The molecule has 1 saturated heterocycles. The number of H-pyrrole nitrogens is 1. The minimum Gasteiger partial charge on any atom is -0.483 e. The van der Waals surface area contributed by atoms with Gasteiger partial charge in [0.25, 0.3) is 18.3 Å². The summed E-state index contributed by atoms with van der Waals surface area (Å²) in [5.41, 5.74) is 1.04. The number of hydrogen-bond acceptors (Lipinski definition) is 5. The van der Waals surface area contributed by atoms with Crippen molar-refractivity contribution in [3.05, 3.63) is 52.3 Å². The first kappa shape index (κ1) is 22.3. The number of amides is 2. The van der Waals surface area contributed by atoms with Crippen molar-refractivity contribution in [3.8, 4) is 0 Å². The third-order valence-electron chi connectivity index (χ3n) is 5.13. The molecule has 31 heavy (non-hydrogen) atoms. The zero-order chi connectivity index (χ0) is 22.4. The van der Waals surface area contributed by atoms with E-state index in [1.165, 1.54) is 11.0 Å². The molecule has 4 rings (SSSR count). The number of hydrogen-bond donors (Lipinski definition) is 3. The van der Waals surface area contributed by atoms with E-state index in [4.69, 9.17) is 14.6 Å². The Labute approximate surface area is 176 Å². The number of rotatable bonds is 4. The van der Waals surface area contributed by atoms with Gasteiger partial charge in [-0.25, -0.2) is 8.78 Å². The molecule has 1 aromatic heterocycles. The topological polar surface area (TPSA) is 125 Å². The van der Waals surface area contributed by atoms with Crippen LogP contribution in [0.25, 0.3) is 0 Å². The van der Waals surface area contributed by atoms with Gasteiger partial charge >= 0.3 is 0 Å². The first-order valence-corrected chi connectivity index (χ1v) is 9.73. The summed E-state index contributed by atoms with van der Waals surface area (Å²) >= 11 is 0. The predicted molar refractivity (Wildman–Crippen MR) is 103 cm³/mol. The Bertz CT molecular complexity index is 939. The molecule has 1 aromatic carbocycles. The van der Waals surface area contributed by atoms with Gasteiger partial charge in [0.15, 0.2) is 5.69 Å². The molecule has 0 saturated carbocycles. The molecule has 2 aliphatic heterocycles. The number of carbonyl (C=O) groups is 3. The molecule has 2 aliphatic rings. The van der Waals surface area contributed by atoms with E-state index in [0.717, 1.165) is 30.5 Å². The van der Waals surface area contributed by atoms with Gasteiger partial charge in [0.05, 0.1) is 18.3 Å². The van der Waals surface area contributed by atoms with Crippen molar-refractivity contribution >= 4 is 18.3 Å². The zero-order valence-corrected chi connectivity index (χ0v) is 16.6. The highest BCUT2D eigenvalue weighted by molar-refractivity contribution is 5.96. The summed E-state index contributed by atoms with van der Waals surface area (Å²) in [6.07, 6.45) is 2.31. The van der Waals surface area contributed by atoms with Crippen molar-refractivity contribution < 1.29 is 33.0 Å². The summed E-state index contributed by atoms with van der Waals surface area (Å²) in [5.74, 6) is -2.81. The van der Waals surface area contributed by atoms with Gasteiger partial charge in [-0.3, -0.25) is 19.5 Å². The van der Waals surface area contributed by atoms with E-state index in [1.54, 1.807) is 0 Å². The minimum atomic E-state index is -0.894. The monoisotopic (exact) mass is 436 g/mol. The van der Waals surface area contributed by atoms with Crippen LogP contribution in [0, 0.1) is 11.6 Å². The van der Waals surface area contributed by atoms with Gasteiger partial charge in [0.1, 0.15) is 17.2 Å². The van der Waals surface area contributed by atoms with Crippen LogP contribution in [0.1, 0.15) is 44.9 Å². The number of nitrogens with one attached hydrogen (secondary N) is 2. The van der Waals surface area contributed by atoms with Crippen molar-refractivity contribution in [2.75, 3.05) is 19.7 Å². The second kappa shape index (κ2) is 10.1. The van der Waals surface area contributed by atoms with Gasteiger partial charge in [-0.05, 0) is 31.4 Å². The zero-order valence-electron chi connectivity index (χ0n) is 16.6. The van der Waals surface area contributed by atoms with Gasteiger partial charge in [-0.2, -0.15) is 5.10 Å². The summed E-state index contributed by atoms with van der Waals surface area (Å²) in [4.78, 5) is 34.7. The highest BCUT2D eigenvalue weighted by Crippen LogP contribution is 2.23. The summed E-state index contributed by atoms with van der Waals surface area (Å²) in [6.45, 7) is 1.24. The Morgan fingerprint density at radius 1 is 1.35 bits per heavy atom. The second-order valence-electron chi connectivity index (χ2n) is 7.05. The second-order valence-corrected chi connectivity index (χ2v) is 7.05. The summed E-state index contributed by atoms with van der Waals surface area (Å²) < 4.78 is 33.3. The summed E-state index contributed by atoms with van der Waals surface area (Å²) in [7, 11) is 0. The van der Waals surface area contributed by atoms with Crippen LogP contribution in [0.4, 0.5) is 8.78 Å². The molecule has 1 fully saturated rings. The number of carbonyl (C=O) groups excluding carboxylic acids is 2. The lowest BCUT2D eigenvalue weighted by Gasteiger charge is -2.27. The first-order chi connectivity index (χ1) is 15.0. The largest absolute Gasteiger partial charge is 0.483 e. The van der Waals surface area contributed by atoms with Gasteiger partial charge < -0.3 is 20.1 Å². The molecule has 2 amide bonds. The molecule has 1 atom stereocenters. The van der Waals surface area contributed by atoms with Crippen molar-refractivity contribution in [2.45, 2.75) is 31.9 Å². The number of aromatic amines is 1. The SMILES string of the molecule is O=C(NCC1CCCO1)c1n[nH]c2c1CCN(C(=O)c1c(F)cccc1F)C2.O=CO. The van der Waals surface area contributed by atoms with Crippen molar-refractivity contribution in [3.63, 3.8) is 0 Å². The fourth-order valence-corrected chi connectivity index (χ4v) is 3.64. The highest BCUT2D eigenvalue weighted by atomic mass is 19.1. The lowest BCUT2D eigenvalue weighted by molar-refractivity contribution is -0.122. The molecule has 9 nitrogen and oxygen atoms in total. The van der Waals surface area contributed by atoms with E-state index < -0.39 is 23.1 Å². The van der Waals surface area contributed by atoms with E-state index in [0.29, 0.717) is 25.3 Å². The van der Waals surface area contributed by atoms with Crippen LogP contribution < -0.4 is 5.32 Å². The first-order valence-electron chi connectivity index (χ1n) is 9.73. The van der Waals surface area contributed by atoms with E-state index in [-0.39, 0.29) is 37.3 Å². The average Bonchev–Trinajstić information content (AvgIpc) is 3.41. The van der Waals surface area contributed by atoms with Crippen LogP contribution in [0.5, 0.6) is 0 Å². The smallest absolute Gasteiger partial charge is 0.290 e. The average molecular weight is 436 g/mol. The molecule has 1 unspecified atom stereocenters. The molecular weight excluding hydrogens is 414 g/mol. The molecular formula is C20H22F2N4O5. The highest BCUT2D eigenvalue weighted by Gasteiger charge is 2.30. The molecule has 0 radical (unpaired) electrons. The quantitative estimate of drug-likeness (QED) is 0.624. The Morgan fingerprint density at radius 2 is 2.06 bits per heavy atom. The van der Waals surface area contributed by atoms with Gasteiger partial charge in [-0.1, -0.05) is 6.07 Å². The number of nitrogens with zero attached hydrogens (tertiary/aromatic N) is 2. The Morgan fingerprint density at radius 3 is 2.71 bits per heavy atom. The van der Waals surface area contributed by atoms with Crippen LogP contribution in [-0.4, -0.2) is 64.3 Å². The maximum Gasteiger partial charge on any atom is 0.290 e. The molecule has 2 aromatic rings. The maximum atomic E-state index is 13.9. The normalized spacial score (nSPS) is 17.4. The number of ether oxygens (including phenoxy) is 1. The van der Waals surface area contributed by atoms with E-state index >= 15 is 0 Å². The van der Waals surface area contributed by atoms with Crippen molar-refractivity contribution in [2.24, 2.45) is 0 Å². The lowest BCUT2D eigenvalue weighted by Crippen LogP contribution is -2.38. The number of aromatic nitrogens is 2. The van der Waals surface area contributed by atoms with Crippen molar-refractivity contribution in [1.29, 1.82) is 0 Å². The van der Waals surface area contributed by atoms with Crippen molar-refractivity contribution in [1.82, 2.24) is 20.4 Å². The Hall–Kier alpha value is -3.34. The fourth-order valence-electron chi connectivity index (χ4n) is 3.64. The predicted octanol–water partition coefficient (Wildman–Crippen LogP) is 1.50. The fraction of sp³-hybridized carbons (Fsp3) is 0.400. The van der Waals surface area contributed by atoms with Gasteiger partial charge in [-0.15, -0.1) is 0 Å². The molecule has 0 bridgehead atoms. The molecule has 0 aliphatic carbocycles. The van der Waals surface area contributed by atoms with E-state index in [1.807, 2.05) is 0 Å². The Kier molecular flexibility index (Phi) is 7.29. The molecule has 11 heteroatoms. The third-order valence-corrected chi connectivity index (χ3v) is 5.13. The van der Waals surface area contributed by atoms with Crippen LogP contribution in [0.15, 0.2) is 18.2 Å². The van der Waals surface area contributed by atoms with Crippen LogP contribution >= 0.6 is 0 Å². The lowest BCUT2D eigenvalue weighted by atomic mass is 10.0.